The highest BCUT2D eigenvalue weighted by Crippen LogP contribution is 2.47. The molecule has 33 heavy (non-hydrogen) atoms. The first kappa shape index (κ1) is 21.5. The molecular formula is C28H30N2O3. The average molecular weight is 443 g/mol. The van der Waals surface area contributed by atoms with Crippen molar-refractivity contribution in [3.63, 3.8) is 0 Å². The number of hydrogen-bond acceptors (Lipinski definition) is 4. The Bertz CT molecular complexity index is 1100. The highest BCUT2D eigenvalue weighted by atomic mass is 16.5. The predicted octanol–water partition coefficient (Wildman–Crippen LogP) is 4.10. The van der Waals surface area contributed by atoms with Gasteiger partial charge in [0.1, 0.15) is 11.9 Å². The SMILES string of the molecule is COc1ccc(CN2CC3(COC(C(=O)NCCc4ccccc4)C3)c3ccccc32)cc1. The molecule has 1 amide bonds. The molecular weight excluding hydrogens is 412 g/mol. The maximum Gasteiger partial charge on any atom is 0.249 e. The third-order valence-electron chi connectivity index (χ3n) is 6.83. The molecule has 1 N–H and O–H groups in total. The molecule has 2 atom stereocenters. The zero-order chi connectivity index (χ0) is 22.7. The van der Waals surface area contributed by atoms with Crippen LogP contribution < -0.4 is 15.0 Å². The summed E-state index contributed by atoms with van der Waals surface area (Å²) in [7, 11) is 1.68. The molecule has 2 unspecified atom stereocenters. The Morgan fingerprint density at radius 1 is 1.03 bits per heavy atom. The molecule has 1 fully saturated rings. The minimum absolute atomic E-state index is 0.00566. The number of rotatable bonds is 7. The van der Waals surface area contributed by atoms with Crippen molar-refractivity contribution in [2.75, 3.05) is 31.7 Å². The number of hydrogen-bond donors (Lipinski definition) is 1. The van der Waals surface area contributed by atoms with Gasteiger partial charge in [-0.15, -0.1) is 0 Å². The number of benzene rings is 3. The van der Waals surface area contributed by atoms with Crippen molar-refractivity contribution in [2.45, 2.75) is 30.9 Å². The molecule has 2 aliphatic rings. The highest BCUT2D eigenvalue weighted by molar-refractivity contribution is 5.81. The van der Waals surface area contributed by atoms with Crippen LogP contribution >= 0.6 is 0 Å². The third kappa shape index (κ3) is 4.46. The number of amides is 1. The van der Waals surface area contributed by atoms with E-state index in [2.05, 4.69) is 58.7 Å². The maximum absolute atomic E-state index is 12.9. The molecule has 2 heterocycles. The summed E-state index contributed by atoms with van der Waals surface area (Å²) in [4.78, 5) is 15.3. The quantitative estimate of drug-likeness (QED) is 0.599. The Hall–Kier alpha value is -3.31. The van der Waals surface area contributed by atoms with Crippen LogP contribution in [0.1, 0.15) is 23.1 Å². The van der Waals surface area contributed by atoms with E-state index in [4.69, 9.17) is 9.47 Å². The summed E-state index contributed by atoms with van der Waals surface area (Å²) < 4.78 is 11.4. The monoisotopic (exact) mass is 442 g/mol. The van der Waals surface area contributed by atoms with Gasteiger partial charge >= 0.3 is 0 Å². The molecule has 2 aliphatic heterocycles. The Labute approximate surface area is 195 Å². The van der Waals surface area contributed by atoms with Crippen molar-refractivity contribution in [3.05, 3.63) is 95.6 Å². The van der Waals surface area contributed by atoms with Crippen LogP contribution in [0, 0.1) is 0 Å². The highest BCUT2D eigenvalue weighted by Gasteiger charge is 2.50. The number of methoxy groups -OCH3 is 1. The topological polar surface area (TPSA) is 50.8 Å². The number of carbonyl (C=O) groups is 1. The molecule has 0 bridgehead atoms. The molecule has 5 rings (SSSR count). The molecule has 3 aromatic carbocycles. The fourth-order valence-electron chi connectivity index (χ4n) is 5.11. The van der Waals surface area contributed by atoms with Crippen LogP contribution in [0.4, 0.5) is 5.69 Å². The molecule has 3 aromatic rings. The Balaban J connectivity index is 1.25. The third-order valence-corrected chi connectivity index (χ3v) is 6.83. The van der Waals surface area contributed by atoms with Gasteiger partial charge in [0, 0.05) is 30.7 Å². The lowest BCUT2D eigenvalue weighted by Crippen LogP contribution is -2.38. The summed E-state index contributed by atoms with van der Waals surface area (Å²) in [6.07, 6.45) is 1.12. The largest absolute Gasteiger partial charge is 0.497 e. The molecule has 1 spiro atoms. The summed E-state index contributed by atoms with van der Waals surface area (Å²) in [5, 5.41) is 3.08. The minimum Gasteiger partial charge on any atom is -0.497 e. The smallest absolute Gasteiger partial charge is 0.249 e. The van der Waals surface area contributed by atoms with Gasteiger partial charge in [-0.3, -0.25) is 4.79 Å². The van der Waals surface area contributed by atoms with E-state index >= 15 is 0 Å². The van der Waals surface area contributed by atoms with E-state index in [-0.39, 0.29) is 11.3 Å². The van der Waals surface area contributed by atoms with Crippen LogP contribution in [0.25, 0.3) is 0 Å². The lowest BCUT2D eigenvalue weighted by atomic mass is 9.80. The van der Waals surface area contributed by atoms with Gasteiger partial charge < -0.3 is 19.7 Å². The van der Waals surface area contributed by atoms with E-state index in [9.17, 15) is 4.79 Å². The van der Waals surface area contributed by atoms with Gasteiger partial charge in [-0.25, -0.2) is 0 Å². The predicted molar refractivity (Wildman–Crippen MR) is 130 cm³/mol. The van der Waals surface area contributed by atoms with E-state index < -0.39 is 6.10 Å². The fourth-order valence-corrected chi connectivity index (χ4v) is 5.11. The van der Waals surface area contributed by atoms with Crippen LogP contribution in [-0.4, -0.2) is 38.8 Å². The van der Waals surface area contributed by atoms with Gasteiger partial charge in [-0.1, -0.05) is 60.7 Å². The molecule has 0 saturated carbocycles. The van der Waals surface area contributed by atoms with E-state index in [1.807, 2.05) is 30.3 Å². The summed E-state index contributed by atoms with van der Waals surface area (Å²) in [5.74, 6) is 0.858. The first-order chi connectivity index (χ1) is 16.2. The number of nitrogens with one attached hydrogen (secondary N) is 1. The van der Waals surface area contributed by atoms with Crippen LogP contribution in [-0.2, 0) is 27.9 Å². The molecule has 5 nitrogen and oxygen atoms in total. The summed E-state index contributed by atoms with van der Waals surface area (Å²) in [6, 6.07) is 27.0. The van der Waals surface area contributed by atoms with E-state index in [0.717, 1.165) is 25.3 Å². The number of carbonyl (C=O) groups excluding carboxylic acids is 1. The van der Waals surface area contributed by atoms with Gasteiger partial charge in [-0.2, -0.15) is 0 Å². The molecule has 0 radical (unpaired) electrons. The maximum atomic E-state index is 12.9. The van der Waals surface area contributed by atoms with Gasteiger partial charge in [0.15, 0.2) is 0 Å². The second-order valence-corrected chi connectivity index (χ2v) is 9.03. The number of ether oxygens (including phenoxy) is 2. The molecule has 0 aliphatic carbocycles. The van der Waals surface area contributed by atoms with E-state index in [0.29, 0.717) is 19.6 Å². The van der Waals surface area contributed by atoms with Gasteiger partial charge in [-0.05, 0) is 47.7 Å². The van der Waals surface area contributed by atoms with Crippen LogP contribution in [0.2, 0.25) is 0 Å². The summed E-state index contributed by atoms with van der Waals surface area (Å²) >= 11 is 0. The second-order valence-electron chi connectivity index (χ2n) is 9.03. The fraction of sp³-hybridized carbons (Fsp3) is 0.321. The minimum atomic E-state index is -0.408. The Morgan fingerprint density at radius 2 is 1.79 bits per heavy atom. The van der Waals surface area contributed by atoms with Gasteiger partial charge in [0.25, 0.3) is 0 Å². The zero-order valence-corrected chi connectivity index (χ0v) is 19.0. The molecule has 0 aromatic heterocycles. The molecule has 170 valence electrons. The number of anilines is 1. The lowest BCUT2D eigenvalue weighted by Gasteiger charge is -2.24. The number of nitrogens with zero attached hydrogens (tertiary/aromatic N) is 1. The van der Waals surface area contributed by atoms with Crippen LogP contribution in [0.15, 0.2) is 78.9 Å². The zero-order valence-electron chi connectivity index (χ0n) is 19.0. The van der Waals surface area contributed by atoms with Crippen molar-refractivity contribution < 1.29 is 14.3 Å². The van der Waals surface area contributed by atoms with Gasteiger partial charge in [0.2, 0.25) is 5.91 Å². The van der Waals surface area contributed by atoms with Crippen molar-refractivity contribution in [1.82, 2.24) is 5.32 Å². The Morgan fingerprint density at radius 3 is 2.58 bits per heavy atom. The number of para-hydroxylation sites is 1. The van der Waals surface area contributed by atoms with Gasteiger partial charge in [0.05, 0.1) is 13.7 Å². The molecule has 5 heteroatoms. The Kier molecular flexibility index (Phi) is 6.05. The summed E-state index contributed by atoms with van der Waals surface area (Å²) in [5.41, 5.74) is 4.84. The van der Waals surface area contributed by atoms with Crippen molar-refractivity contribution in [3.8, 4) is 5.75 Å². The van der Waals surface area contributed by atoms with E-state index in [1.165, 1.54) is 22.4 Å². The second kappa shape index (κ2) is 9.28. The van der Waals surface area contributed by atoms with Crippen LogP contribution in [0.5, 0.6) is 5.75 Å². The first-order valence-corrected chi connectivity index (χ1v) is 11.6. The van der Waals surface area contributed by atoms with Crippen LogP contribution in [0.3, 0.4) is 0 Å². The van der Waals surface area contributed by atoms with Crippen molar-refractivity contribution in [1.29, 1.82) is 0 Å². The first-order valence-electron chi connectivity index (χ1n) is 11.6. The number of fused-ring (bicyclic) bond motifs is 2. The average Bonchev–Trinajstić information content (AvgIpc) is 3.42. The van der Waals surface area contributed by atoms with Crippen molar-refractivity contribution >= 4 is 11.6 Å². The van der Waals surface area contributed by atoms with E-state index in [1.54, 1.807) is 7.11 Å². The lowest BCUT2D eigenvalue weighted by molar-refractivity contribution is -0.129. The van der Waals surface area contributed by atoms with Crippen molar-refractivity contribution in [2.24, 2.45) is 0 Å². The summed E-state index contributed by atoms with van der Waals surface area (Å²) in [6.45, 7) is 2.86. The normalized spacial score (nSPS) is 21.2. The standard InChI is InChI=1S/C28H30N2O3/c1-32-23-13-11-22(12-14-23)18-30-19-28(24-9-5-6-10-25(24)30)17-26(33-20-28)27(31)29-16-15-21-7-3-2-4-8-21/h2-14,26H,15-20H2,1H3,(H,29,31). The molecule has 1 saturated heterocycles.